The Balaban J connectivity index is 1.92. The summed E-state index contributed by atoms with van der Waals surface area (Å²) < 4.78 is 1.54. The van der Waals surface area contributed by atoms with E-state index in [0.717, 1.165) is 5.56 Å². The minimum Gasteiger partial charge on any atom is -0.384 e. The van der Waals surface area contributed by atoms with Gasteiger partial charge in [-0.15, -0.1) is 0 Å². The molecule has 1 aromatic heterocycles. The van der Waals surface area contributed by atoms with Crippen molar-refractivity contribution in [3.8, 4) is 0 Å². The molecule has 106 valence electrons. The first-order valence-corrected chi connectivity index (χ1v) is 6.49. The van der Waals surface area contributed by atoms with Crippen LogP contribution in [0.4, 0.5) is 16.3 Å². The topological polar surface area (TPSA) is 85.0 Å². The standard InChI is InChI=1S/C12H13Cl2N5O/c1-19-11(15)7(6-17-19)5-16-12(20)18-8-2-3-9(13)10(14)4-8/h2-4,6H,5,15H2,1H3,(H2,16,18,20). The predicted octanol–water partition coefficient (Wildman–Crippen LogP) is 2.63. The maximum Gasteiger partial charge on any atom is 0.319 e. The molecule has 0 radical (unpaired) electrons. The van der Waals surface area contributed by atoms with Crippen molar-refractivity contribution >= 4 is 40.7 Å². The number of nitrogens with two attached hydrogens (primary N) is 1. The van der Waals surface area contributed by atoms with Gasteiger partial charge in [0.15, 0.2) is 0 Å². The fourth-order valence-electron chi connectivity index (χ4n) is 1.55. The second-order valence-corrected chi connectivity index (χ2v) is 4.93. The second-order valence-electron chi connectivity index (χ2n) is 4.12. The molecule has 0 fully saturated rings. The Labute approximate surface area is 125 Å². The number of halogens is 2. The molecule has 0 spiro atoms. The summed E-state index contributed by atoms with van der Waals surface area (Å²) in [5, 5.41) is 10.1. The predicted molar refractivity (Wildman–Crippen MR) is 79.9 cm³/mol. The van der Waals surface area contributed by atoms with E-state index in [1.54, 1.807) is 31.4 Å². The number of rotatable bonds is 3. The van der Waals surface area contributed by atoms with Crippen LogP contribution in [-0.4, -0.2) is 15.8 Å². The lowest BCUT2D eigenvalue weighted by molar-refractivity contribution is 0.252. The first kappa shape index (κ1) is 14.5. The molecular weight excluding hydrogens is 301 g/mol. The maximum absolute atomic E-state index is 11.7. The molecular formula is C12H13Cl2N5O. The van der Waals surface area contributed by atoms with Gasteiger partial charge in [-0.1, -0.05) is 23.2 Å². The molecule has 1 heterocycles. The molecule has 2 rings (SSSR count). The van der Waals surface area contributed by atoms with E-state index < -0.39 is 0 Å². The quantitative estimate of drug-likeness (QED) is 0.814. The molecule has 20 heavy (non-hydrogen) atoms. The van der Waals surface area contributed by atoms with Crippen LogP contribution in [0.15, 0.2) is 24.4 Å². The van der Waals surface area contributed by atoms with Gasteiger partial charge < -0.3 is 16.4 Å². The van der Waals surface area contributed by atoms with Gasteiger partial charge in [0.1, 0.15) is 5.82 Å². The van der Waals surface area contributed by atoms with Gasteiger partial charge in [-0.2, -0.15) is 5.10 Å². The minimum atomic E-state index is -0.369. The molecule has 0 aliphatic heterocycles. The first-order chi connectivity index (χ1) is 9.47. The van der Waals surface area contributed by atoms with E-state index in [0.29, 0.717) is 21.6 Å². The number of hydrogen-bond acceptors (Lipinski definition) is 3. The Morgan fingerprint density at radius 3 is 2.75 bits per heavy atom. The Morgan fingerprint density at radius 2 is 2.15 bits per heavy atom. The zero-order chi connectivity index (χ0) is 14.7. The number of anilines is 2. The van der Waals surface area contributed by atoms with Gasteiger partial charge in [0.25, 0.3) is 0 Å². The zero-order valence-electron chi connectivity index (χ0n) is 10.7. The van der Waals surface area contributed by atoms with Crippen molar-refractivity contribution in [2.24, 2.45) is 7.05 Å². The minimum absolute atomic E-state index is 0.285. The number of benzene rings is 1. The van der Waals surface area contributed by atoms with Crippen LogP contribution in [0.1, 0.15) is 5.56 Å². The van der Waals surface area contributed by atoms with Crippen LogP contribution in [0.5, 0.6) is 0 Å². The van der Waals surface area contributed by atoms with Crippen LogP contribution in [-0.2, 0) is 13.6 Å². The number of aromatic nitrogens is 2. The van der Waals surface area contributed by atoms with Crippen LogP contribution in [0.25, 0.3) is 0 Å². The lowest BCUT2D eigenvalue weighted by Gasteiger charge is -2.08. The summed E-state index contributed by atoms with van der Waals surface area (Å²) in [6.07, 6.45) is 1.61. The monoisotopic (exact) mass is 313 g/mol. The van der Waals surface area contributed by atoms with E-state index in [9.17, 15) is 4.79 Å². The largest absolute Gasteiger partial charge is 0.384 e. The van der Waals surface area contributed by atoms with Gasteiger partial charge in [-0.3, -0.25) is 4.68 Å². The molecule has 4 N–H and O–H groups in total. The molecule has 0 bridgehead atoms. The van der Waals surface area contributed by atoms with E-state index in [4.69, 9.17) is 28.9 Å². The third-order valence-corrected chi connectivity index (χ3v) is 3.42. The summed E-state index contributed by atoms with van der Waals surface area (Å²) in [6.45, 7) is 0.285. The number of amides is 2. The van der Waals surface area contributed by atoms with Crippen LogP contribution in [0.3, 0.4) is 0 Å². The Hall–Kier alpha value is -1.92. The van der Waals surface area contributed by atoms with Gasteiger partial charge in [-0.25, -0.2) is 4.79 Å². The Kier molecular flexibility index (Phi) is 4.36. The number of nitrogen functional groups attached to an aromatic ring is 1. The summed E-state index contributed by atoms with van der Waals surface area (Å²) in [5.41, 5.74) is 7.07. The van der Waals surface area contributed by atoms with Crippen molar-refractivity contribution in [3.05, 3.63) is 40.0 Å². The van der Waals surface area contributed by atoms with Crippen molar-refractivity contribution in [1.29, 1.82) is 0 Å². The molecule has 8 heteroatoms. The highest BCUT2D eigenvalue weighted by atomic mass is 35.5. The number of nitrogens with zero attached hydrogens (tertiary/aromatic N) is 2. The first-order valence-electron chi connectivity index (χ1n) is 5.73. The molecule has 2 aromatic rings. The highest BCUT2D eigenvalue weighted by Gasteiger charge is 2.07. The van der Waals surface area contributed by atoms with Crippen molar-refractivity contribution in [1.82, 2.24) is 15.1 Å². The van der Waals surface area contributed by atoms with Gasteiger partial charge >= 0.3 is 6.03 Å². The third-order valence-electron chi connectivity index (χ3n) is 2.68. The van der Waals surface area contributed by atoms with Crippen molar-refractivity contribution in [2.75, 3.05) is 11.1 Å². The highest BCUT2D eigenvalue weighted by molar-refractivity contribution is 6.42. The summed E-state index contributed by atoms with van der Waals surface area (Å²) in [4.78, 5) is 11.7. The van der Waals surface area contributed by atoms with E-state index in [1.165, 1.54) is 4.68 Å². The maximum atomic E-state index is 11.7. The van der Waals surface area contributed by atoms with Crippen LogP contribution in [0.2, 0.25) is 10.0 Å². The molecule has 0 unspecified atom stereocenters. The fraction of sp³-hybridized carbons (Fsp3) is 0.167. The summed E-state index contributed by atoms with van der Waals surface area (Å²) >= 11 is 11.7. The zero-order valence-corrected chi connectivity index (χ0v) is 12.2. The van der Waals surface area contributed by atoms with Crippen LogP contribution < -0.4 is 16.4 Å². The second kappa shape index (κ2) is 6.02. The number of nitrogens with one attached hydrogen (secondary N) is 2. The Bertz CT molecular complexity index is 641. The third kappa shape index (κ3) is 3.34. The van der Waals surface area contributed by atoms with E-state index in [2.05, 4.69) is 15.7 Å². The summed E-state index contributed by atoms with van der Waals surface area (Å²) in [5.74, 6) is 0.514. The molecule has 0 aliphatic rings. The molecule has 0 aliphatic carbocycles. The molecule has 6 nitrogen and oxygen atoms in total. The van der Waals surface area contributed by atoms with Crippen molar-refractivity contribution in [3.63, 3.8) is 0 Å². The molecule has 0 atom stereocenters. The number of aryl methyl sites for hydroxylation is 1. The Morgan fingerprint density at radius 1 is 1.40 bits per heavy atom. The number of urea groups is 1. The SMILES string of the molecule is Cn1ncc(CNC(=O)Nc2ccc(Cl)c(Cl)c2)c1N. The summed E-state index contributed by atoms with van der Waals surface area (Å²) in [6, 6.07) is 4.47. The number of carbonyl (C=O) groups excluding carboxylic acids is 1. The van der Waals surface area contributed by atoms with Gasteiger partial charge in [0.2, 0.25) is 0 Å². The van der Waals surface area contributed by atoms with Gasteiger partial charge in [0.05, 0.1) is 16.2 Å². The van der Waals surface area contributed by atoms with Gasteiger partial charge in [0, 0.05) is 24.8 Å². The molecule has 0 saturated carbocycles. The molecule has 2 amide bonds. The highest BCUT2D eigenvalue weighted by Crippen LogP contribution is 2.24. The average molecular weight is 314 g/mol. The average Bonchev–Trinajstić information content (AvgIpc) is 2.72. The normalized spacial score (nSPS) is 10.3. The van der Waals surface area contributed by atoms with E-state index in [-0.39, 0.29) is 12.6 Å². The van der Waals surface area contributed by atoms with Crippen LogP contribution in [0, 0.1) is 0 Å². The van der Waals surface area contributed by atoms with Gasteiger partial charge in [-0.05, 0) is 18.2 Å². The fourth-order valence-corrected chi connectivity index (χ4v) is 1.85. The summed E-state index contributed by atoms with van der Waals surface area (Å²) in [7, 11) is 1.73. The number of carbonyl (C=O) groups is 1. The van der Waals surface area contributed by atoms with Crippen molar-refractivity contribution in [2.45, 2.75) is 6.54 Å². The smallest absolute Gasteiger partial charge is 0.319 e. The molecule has 0 saturated heterocycles. The van der Waals surface area contributed by atoms with E-state index >= 15 is 0 Å². The van der Waals surface area contributed by atoms with Crippen molar-refractivity contribution < 1.29 is 4.79 Å². The van der Waals surface area contributed by atoms with Crippen LogP contribution >= 0.6 is 23.2 Å². The molecule has 1 aromatic carbocycles. The van der Waals surface area contributed by atoms with E-state index in [1.807, 2.05) is 0 Å². The number of hydrogen-bond donors (Lipinski definition) is 3. The lowest BCUT2D eigenvalue weighted by atomic mass is 10.3. The lowest BCUT2D eigenvalue weighted by Crippen LogP contribution is -2.28.